The summed E-state index contributed by atoms with van der Waals surface area (Å²) in [6.45, 7) is -0.456. The number of benzene rings is 1. The molecule has 0 aromatic heterocycles. The third kappa shape index (κ3) is 2.73. The number of fused-ring (bicyclic) bond motifs is 1. The highest BCUT2D eigenvalue weighted by molar-refractivity contribution is 6.02. The molecule has 1 heterocycles. The minimum Gasteiger partial charge on any atom is -0.493 e. The van der Waals surface area contributed by atoms with Gasteiger partial charge in [0.15, 0.2) is 0 Å². The molecule has 1 unspecified atom stereocenters. The lowest BCUT2D eigenvalue weighted by Gasteiger charge is -2.09. The van der Waals surface area contributed by atoms with E-state index in [4.69, 9.17) is 10.5 Å². The van der Waals surface area contributed by atoms with Gasteiger partial charge in [0.05, 0.1) is 13.0 Å². The van der Waals surface area contributed by atoms with Gasteiger partial charge in [-0.25, -0.2) is 0 Å². The van der Waals surface area contributed by atoms with Gasteiger partial charge in [-0.1, -0.05) is 6.07 Å². The van der Waals surface area contributed by atoms with Crippen LogP contribution in [0.1, 0.15) is 18.0 Å². The van der Waals surface area contributed by atoms with Crippen molar-refractivity contribution in [3.05, 3.63) is 23.8 Å². The number of carbonyl (C=O) groups is 1. The number of rotatable bonds is 3. The Bertz CT molecular complexity index is 474. The van der Waals surface area contributed by atoms with Crippen LogP contribution >= 0.6 is 0 Å². The van der Waals surface area contributed by atoms with E-state index >= 15 is 0 Å². The zero-order chi connectivity index (χ0) is 13.3. The lowest BCUT2D eigenvalue weighted by Crippen LogP contribution is -2.19. The van der Waals surface area contributed by atoms with E-state index in [1.165, 1.54) is 12.1 Å². The van der Waals surface area contributed by atoms with Gasteiger partial charge in [-0.15, -0.1) is 0 Å². The Labute approximate surface area is 101 Å². The molecule has 3 N–H and O–H groups in total. The van der Waals surface area contributed by atoms with E-state index in [1.54, 1.807) is 6.07 Å². The van der Waals surface area contributed by atoms with Gasteiger partial charge in [-0.05, 0) is 6.07 Å². The van der Waals surface area contributed by atoms with Gasteiger partial charge in [-0.2, -0.15) is 13.2 Å². The number of nitrogens with two attached hydrogens (primary N) is 1. The first-order valence-electron chi connectivity index (χ1n) is 5.27. The topological polar surface area (TPSA) is 64.4 Å². The van der Waals surface area contributed by atoms with Crippen molar-refractivity contribution in [2.75, 3.05) is 11.9 Å². The maximum Gasteiger partial charge on any atom is 0.392 e. The lowest BCUT2D eigenvalue weighted by atomic mass is 10.1. The van der Waals surface area contributed by atoms with Crippen molar-refractivity contribution in [3.8, 4) is 5.75 Å². The molecule has 1 aliphatic heterocycles. The van der Waals surface area contributed by atoms with Crippen LogP contribution in [0.15, 0.2) is 18.2 Å². The molecule has 1 atom stereocenters. The van der Waals surface area contributed by atoms with Crippen molar-refractivity contribution in [3.63, 3.8) is 0 Å². The molecule has 1 amide bonds. The van der Waals surface area contributed by atoms with Gasteiger partial charge in [0.2, 0.25) is 5.91 Å². The van der Waals surface area contributed by atoms with E-state index in [9.17, 15) is 18.0 Å². The maximum atomic E-state index is 11.9. The molecule has 0 saturated heterocycles. The Morgan fingerprint density at radius 1 is 1.39 bits per heavy atom. The number of ether oxygens (including phenoxy) is 1. The van der Waals surface area contributed by atoms with E-state index < -0.39 is 25.2 Å². The predicted molar refractivity (Wildman–Crippen MR) is 58.2 cm³/mol. The fourth-order valence-electron chi connectivity index (χ4n) is 1.64. The SMILES string of the molecule is NC1C(=O)Nc2cc(OCCC(F)(F)F)ccc21. The largest absolute Gasteiger partial charge is 0.493 e. The number of anilines is 1. The summed E-state index contributed by atoms with van der Waals surface area (Å²) in [5.41, 5.74) is 6.69. The fraction of sp³-hybridized carbons (Fsp3) is 0.364. The molecule has 18 heavy (non-hydrogen) atoms. The summed E-state index contributed by atoms with van der Waals surface area (Å²) < 4.78 is 40.7. The first-order chi connectivity index (χ1) is 8.37. The van der Waals surface area contributed by atoms with Crippen LogP contribution in [0.5, 0.6) is 5.75 Å². The molecular formula is C11H11F3N2O2. The highest BCUT2D eigenvalue weighted by Crippen LogP contribution is 2.32. The summed E-state index contributed by atoms with van der Waals surface area (Å²) in [7, 11) is 0. The van der Waals surface area contributed by atoms with E-state index in [0.717, 1.165) is 0 Å². The van der Waals surface area contributed by atoms with Crippen molar-refractivity contribution < 1.29 is 22.7 Å². The molecule has 1 aromatic rings. The van der Waals surface area contributed by atoms with Gasteiger partial charge in [-0.3, -0.25) is 4.79 Å². The number of hydrogen-bond acceptors (Lipinski definition) is 3. The smallest absolute Gasteiger partial charge is 0.392 e. The monoisotopic (exact) mass is 260 g/mol. The van der Waals surface area contributed by atoms with Gasteiger partial charge < -0.3 is 15.8 Å². The molecule has 7 heteroatoms. The summed E-state index contributed by atoms with van der Waals surface area (Å²) in [5.74, 6) is -0.0650. The second kappa shape index (κ2) is 4.49. The van der Waals surface area contributed by atoms with Crippen LogP contribution in [-0.2, 0) is 4.79 Å². The first-order valence-corrected chi connectivity index (χ1v) is 5.27. The van der Waals surface area contributed by atoms with Crippen molar-refractivity contribution in [2.24, 2.45) is 5.73 Å². The number of alkyl halides is 3. The molecule has 0 fully saturated rings. The second-order valence-corrected chi connectivity index (χ2v) is 3.93. The predicted octanol–water partition coefficient (Wildman–Crippen LogP) is 1.97. The van der Waals surface area contributed by atoms with Crippen LogP contribution in [0.4, 0.5) is 18.9 Å². The number of carbonyl (C=O) groups excluding carboxylic acids is 1. The summed E-state index contributed by atoms with van der Waals surface area (Å²) >= 11 is 0. The highest BCUT2D eigenvalue weighted by Gasteiger charge is 2.28. The van der Waals surface area contributed by atoms with Crippen LogP contribution < -0.4 is 15.8 Å². The summed E-state index contributed by atoms with van der Waals surface area (Å²) in [5, 5.41) is 2.53. The van der Waals surface area contributed by atoms with Crippen molar-refractivity contribution >= 4 is 11.6 Å². The molecule has 1 aliphatic rings. The van der Waals surface area contributed by atoms with Crippen LogP contribution in [-0.4, -0.2) is 18.7 Å². The molecule has 2 rings (SSSR count). The van der Waals surface area contributed by atoms with Gasteiger partial charge in [0.1, 0.15) is 11.8 Å². The Morgan fingerprint density at radius 3 is 2.78 bits per heavy atom. The normalized spacial score (nSPS) is 18.4. The minimum atomic E-state index is -4.24. The van der Waals surface area contributed by atoms with E-state index in [1.807, 2.05) is 0 Å². The van der Waals surface area contributed by atoms with E-state index in [2.05, 4.69) is 5.32 Å². The zero-order valence-electron chi connectivity index (χ0n) is 9.25. The van der Waals surface area contributed by atoms with Crippen molar-refractivity contribution in [2.45, 2.75) is 18.6 Å². The summed E-state index contributed by atoms with van der Waals surface area (Å²) in [6, 6.07) is 3.80. The summed E-state index contributed by atoms with van der Waals surface area (Å²) in [4.78, 5) is 11.3. The van der Waals surface area contributed by atoms with Crippen molar-refractivity contribution in [1.29, 1.82) is 0 Å². The van der Waals surface area contributed by atoms with Crippen LogP contribution in [0.2, 0.25) is 0 Å². The number of halogens is 3. The fourth-order valence-corrected chi connectivity index (χ4v) is 1.64. The maximum absolute atomic E-state index is 11.9. The Balaban J connectivity index is 2.01. The highest BCUT2D eigenvalue weighted by atomic mass is 19.4. The molecular weight excluding hydrogens is 249 g/mol. The minimum absolute atomic E-state index is 0.271. The zero-order valence-corrected chi connectivity index (χ0v) is 9.25. The Morgan fingerprint density at radius 2 is 2.11 bits per heavy atom. The number of amides is 1. The molecule has 98 valence electrons. The van der Waals surface area contributed by atoms with E-state index in [-0.39, 0.29) is 11.7 Å². The Kier molecular flexibility index (Phi) is 3.16. The third-order valence-corrected chi connectivity index (χ3v) is 2.55. The van der Waals surface area contributed by atoms with E-state index in [0.29, 0.717) is 11.3 Å². The van der Waals surface area contributed by atoms with Crippen LogP contribution in [0.25, 0.3) is 0 Å². The standard InChI is InChI=1S/C11H11F3N2O2/c12-11(13,14)3-4-18-6-1-2-7-8(5-6)16-10(17)9(7)15/h1-2,5,9H,3-4,15H2,(H,16,17). The molecule has 0 radical (unpaired) electrons. The van der Waals surface area contributed by atoms with Gasteiger partial charge >= 0.3 is 6.18 Å². The Hall–Kier alpha value is -1.76. The molecule has 0 saturated carbocycles. The molecule has 0 spiro atoms. The molecule has 0 bridgehead atoms. The quantitative estimate of drug-likeness (QED) is 0.873. The number of nitrogens with one attached hydrogen (secondary N) is 1. The van der Waals surface area contributed by atoms with Gasteiger partial charge in [0.25, 0.3) is 0 Å². The molecule has 1 aromatic carbocycles. The van der Waals surface area contributed by atoms with Gasteiger partial charge in [0, 0.05) is 17.3 Å². The lowest BCUT2D eigenvalue weighted by molar-refractivity contribution is -0.139. The van der Waals surface area contributed by atoms with Crippen molar-refractivity contribution in [1.82, 2.24) is 0 Å². The molecule has 4 nitrogen and oxygen atoms in total. The average Bonchev–Trinajstić information content (AvgIpc) is 2.53. The molecule has 0 aliphatic carbocycles. The average molecular weight is 260 g/mol. The second-order valence-electron chi connectivity index (χ2n) is 3.93. The van der Waals surface area contributed by atoms with Crippen LogP contribution in [0, 0.1) is 0 Å². The van der Waals surface area contributed by atoms with Crippen LogP contribution in [0.3, 0.4) is 0 Å². The first kappa shape index (κ1) is 12.7. The number of hydrogen-bond donors (Lipinski definition) is 2. The summed E-state index contributed by atoms with van der Waals surface area (Å²) in [6.07, 6.45) is -5.26. The third-order valence-electron chi connectivity index (χ3n) is 2.55.